The van der Waals surface area contributed by atoms with Crippen molar-refractivity contribution in [3.63, 3.8) is 0 Å². The summed E-state index contributed by atoms with van der Waals surface area (Å²) in [7, 11) is 0. The Morgan fingerprint density at radius 3 is 2.74 bits per heavy atom. The first-order valence-corrected chi connectivity index (χ1v) is 7.50. The van der Waals surface area contributed by atoms with Crippen LogP contribution in [0.1, 0.15) is 41.9 Å². The number of nitriles is 1. The molecular formula is C15H18N2OS. The van der Waals surface area contributed by atoms with Crippen LogP contribution in [0.4, 0.5) is 0 Å². The topological polar surface area (TPSA) is 52.9 Å². The van der Waals surface area contributed by atoms with Gasteiger partial charge in [0.2, 0.25) is 0 Å². The molecule has 100 valence electrons. The van der Waals surface area contributed by atoms with Crippen molar-refractivity contribution in [2.45, 2.75) is 45.1 Å². The molecule has 0 unspecified atom stereocenters. The van der Waals surface area contributed by atoms with E-state index in [2.05, 4.69) is 5.32 Å². The second-order valence-electron chi connectivity index (χ2n) is 4.93. The largest absolute Gasteiger partial charge is 0.349 e. The summed E-state index contributed by atoms with van der Waals surface area (Å²) in [5.74, 6) is -0.236. The van der Waals surface area contributed by atoms with Gasteiger partial charge in [0.15, 0.2) is 0 Å². The second-order valence-corrected chi connectivity index (χ2v) is 6.25. The fourth-order valence-corrected chi connectivity index (χ4v) is 3.15. The van der Waals surface area contributed by atoms with E-state index in [9.17, 15) is 4.79 Å². The second kappa shape index (κ2) is 6.53. The molecule has 4 heteroatoms. The molecule has 1 amide bonds. The predicted molar refractivity (Wildman–Crippen MR) is 77.7 cm³/mol. The third kappa shape index (κ3) is 3.93. The zero-order valence-electron chi connectivity index (χ0n) is 11.1. The monoisotopic (exact) mass is 274 g/mol. The first kappa shape index (κ1) is 13.8. The lowest BCUT2D eigenvalue weighted by molar-refractivity contribution is -0.117. The Hall–Kier alpha value is -1.60. The van der Waals surface area contributed by atoms with Gasteiger partial charge in [0.25, 0.3) is 5.91 Å². The molecule has 1 heterocycles. The molecule has 19 heavy (non-hydrogen) atoms. The van der Waals surface area contributed by atoms with Crippen LogP contribution in [0.3, 0.4) is 0 Å². The highest BCUT2D eigenvalue weighted by Crippen LogP contribution is 2.20. The number of hydrogen-bond donors (Lipinski definition) is 1. The highest BCUT2D eigenvalue weighted by atomic mass is 32.1. The van der Waals surface area contributed by atoms with Crippen molar-refractivity contribution in [3.05, 3.63) is 27.5 Å². The van der Waals surface area contributed by atoms with Crippen molar-refractivity contribution >= 4 is 23.3 Å². The van der Waals surface area contributed by atoms with Crippen LogP contribution < -0.4 is 5.32 Å². The maximum atomic E-state index is 12.1. The van der Waals surface area contributed by atoms with Crippen molar-refractivity contribution in [3.8, 4) is 6.07 Å². The van der Waals surface area contributed by atoms with Crippen molar-refractivity contribution < 1.29 is 4.79 Å². The number of aryl methyl sites for hydroxylation is 1. The quantitative estimate of drug-likeness (QED) is 0.678. The van der Waals surface area contributed by atoms with Crippen LogP contribution in [0.25, 0.3) is 6.08 Å². The molecule has 2 rings (SSSR count). The number of thiophene rings is 1. The zero-order chi connectivity index (χ0) is 13.7. The summed E-state index contributed by atoms with van der Waals surface area (Å²) < 4.78 is 0. The van der Waals surface area contributed by atoms with Gasteiger partial charge in [-0.3, -0.25) is 4.79 Å². The third-order valence-corrected chi connectivity index (χ3v) is 4.30. The van der Waals surface area contributed by atoms with E-state index in [1.807, 2.05) is 25.1 Å². The first-order chi connectivity index (χ1) is 9.19. The van der Waals surface area contributed by atoms with E-state index in [0.717, 1.165) is 17.7 Å². The molecule has 1 aromatic rings. The standard InChI is InChI=1S/C15H18N2OS/c1-11-7-8-14(19-11)9-12(10-16)15(18)17-13-5-3-2-4-6-13/h7-9,13H,2-6H2,1H3,(H,17,18)/b12-9+. The summed E-state index contributed by atoms with van der Waals surface area (Å²) in [5.41, 5.74) is 0.201. The molecule has 1 aromatic heterocycles. The molecular weight excluding hydrogens is 256 g/mol. The third-order valence-electron chi connectivity index (χ3n) is 3.35. The molecule has 1 aliphatic carbocycles. The molecule has 1 N–H and O–H groups in total. The normalized spacial score (nSPS) is 16.9. The Morgan fingerprint density at radius 1 is 1.42 bits per heavy atom. The Morgan fingerprint density at radius 2 is 2.16 bits per heavy atom. The summed E-state index contributed by atoms with van der Waals surface area (Å²) in [4.78, 5) is 14.2. The molecule has 1 saturated carbocycles. The van der Waals surface area contributed by atoms with Gasteiger partial charge in [-0.05, 0) is 38.0 Å². The van der Waals surface area contributed by atoms with E-state index in [0.29, 0.717) is 0 Å². The van der Waals surface area contributed by atoms with Gasteiger partial charge in [0, 0.05) is 15.8 Å². The number of carbonyl (C=O) groups excluding carboxylic acids is 1. The van der Waals surface area contributed by atoms with Crippen LogP contribution in [0, 0.1) is 18.3 Å². The van der Waals surface area contributed by atoms with Crippen LogP contribution in [0.15, 0.2) is 17.7 Å². The van der Waals surface area contributed by atoms with Crippen LogP contribution in [0.2, 0.25) is 0 Å². The van der Waals surface area contributed by atoms with Crippen LogP contribution in [-0.2, 0) is 4.79 Å². The number of rotatable bonds is 3. The average Bonchev–Trinajstić information content (AvgIpc) is 2.82. The summed E-state index contributed by atoms with van der Waals surface area (Å²) in [6.45, 7) is 2.01. The summed E-state index contributed by atoms with van der Waals surface area (Å²) in [5, 5.41) is 12.1. The van der Waals surface area contributed by atoms with Gasteiger partial charge in [-0.2, -0.15) is 5.26 Å². The fraction of sp³-hybridized carbons (Fsp3) is 0.467. The van der Waals surface area contributed by atoms with Gasteiger partial charge in [0.05, 0.1) is 0 Å². The van der Waals surface area contributed by atoms with E-state index < -0.39 is 0 Å². The first-order valence-electron chi connectivity index (χ1n) is 6.68. The number of nitrogens with one attached hydrogen (secondary N) is 1. The molecule has 0 atom stereocenters. The number of carbonyl (C=O) groups is 1. The summed E-state index contributed by atoms with van der Waals surface area (Å²) in [6, 6.07) is 6.17. The van der Waals surface area contributed by atoms with E-state index in [1.165, 1.54) is 24.1 Å². The maximum absolute atomic E-state index is 12.1. The van der Waals surface area contributed by atoms with Gasteiger partial charge >= 0.3 is 0 Å². The molecule has 0 aromatic carbocycles. The van der Waals surface area contributed by atoms with E-state index >= 15 is 0 Å². The van der Waals surface area contributed by atoms with Gasteiger partial charge < -0.3 is 5.32 Å². The number of amides is 1. The fourth-order valence-electron chi connectivity index (χ4n) is 2.33. The van der Waals surface area contributed by atoms with Gasteiger partial charge in [-0.1, -0.05) is 19.3 Å². The molecule has 0 bridgehead atoms. The van der Waals surface area contributed by atoms with Crippen LogP contribution in [-0.4, -0.2) is 11.9 Å². The summed E-state index contributed by atoms with van der Waals surface area (Å²) >= 11 is 1.59. The predicted octanol–water partition coefficient (Wildman–Crippen LogP) is 3.41. The van der Waals surface area contributed by atoms with E-state index in [-0.39, 0.29) is 17.5 Å². The highest BCUT2D eigenvalue weighted by Gasteiger charge is 2.18. The molecule has 1 fully saturated rings. The Bertz CT molecular complexity index is 518. The van der Waals surface area contributed by atoms with Gasteiger partial charge in [-0.25, -0.2) is 0 Å². The minimum Gasteiger partial charge on any atom is -0.349 e. The number of hydrogen-bond acceptors (Lipinski definition) is 3. The lowest BCUT2D eigenvalue weighted by Gasteiger charge is -2.22. The molecule has 0 saturated heterocycles. The molecule has 0 radical (unpaired) electrons. The lowest BCUT2D eigenvalue weighted by atomic mass is 9.95. The van der Waals surface area contributed by atoms with Crippen molar-refractivity contribution in [1.29, 1.82) is 5.26 Å². The van der Waals surface area contributed by atoms with Gasteiger partial charge in [0.1, 0.15) is 11.6 Å². The molecule has 0 spiro atoms. The van der Waals surface area contributed by atoms with Crippen molar-refractivity contribution in [2.75, 3.05) is 0 Å². The van der Waals surface area contributed by atoms with Crippen LogP contribution in [0.5, 0.6) is 0 Å². The minimum atomic E-state index is -0.236. The zero-order valence-corrected chi connectivity index (χ0v) is 11.9. The summed E-state index contributed by atoms with van der Waals surface area (Å²) in [6.07, 6.45) is 7.32. The van der Waals surface area contributed by atoms with Crippen molar-refractivity contribution in [1.82, 2.24) is 5.32 Å². The smallest absolute Gasteiger partial charge is 0.262 e. The van der Waals surface area contributed by atoms with Gasteiger partial charge in [-0.15, -0.1) is 11.3 Å². The van der Waals surface area contributed by atoms with Crippen LogP contribution >= 0.6 is 11.3 Å². The molecule has 3 nitrogen and oxygen atoms in total. The SMILES string of the molecule is Cc1ccc(/C=C(\C#N)C(=O)NC2CCCCC2)s1. The average molecular weight is 274 g/mol. The Balaban J connectivity index is 2.02. The van der Waals surface area contributed by atoms with Crippen molar-refractivity contribution in [2.24, 2.45) is 0 Å². The number of nitrogens with zero attached hydrogens (tertiary/aromatic N) is 1. The van der Waals surface area contributed by atoms with E-state index in [1.54, 1.807) is 17.4 Å². The van der Waals surface area contributed by atoms with E-state index in [4.69, 9.17) is 5.26 Å². The Kier molecular flexibility index (Phi) is 4.75. The minimum absolute atomic E-state index is 0.201. The molecule has 1 aliphatic rings. The molecule has 0 aliphatic heterocycles. The maximum Gasteiger partial charge on any atom is 0.262 e. The Labute approximate surface area is 117 Å². The lowest BCUT2D eigenvalue weighted by Crippen LogP contribution is -2.36. The highest BCUT2D eigenvalue weighted by molar-refractivity contribution is 7.12.